The second-order valence-electron chi connectivity index (χ2n) is 7.19. The summed E-state index contributed by atoms with van der Waals surface area (Å²) in [5.74, 6) is 0.659. The maximum Gasteiger partial charge on any atom is 0.263 e. The van der Waals surface area contributed by atoms with E-state index in [2.05, 4.69) is 22.5 Å². The van der Waals surface area contributed by atoms with Gasteiger partial charge in [-0.3, -0.25) is 4.79 Å². The largest absolute Gasteiger partial charge is 0.351 e. The summed E-state index contributed by atoms with van der Waals surface area (Å²) >= 11 is 1.61. The standard InChI is InChI=1S/C17H27N3OS/c1-12-14(22-16(20-12)13-5-3-4-6-13)15(21)19-11-17(2)7-9-18-10-8-17/h13,18H,3-11H2,1-2H3,(H,19,21). The normalized spacial score (nSPS) is 21.9. The van der Waals surface area contributed by atoms with E-state index in [1.807, 2.05) is 6.92 Å². The van der Waals surface area contributed by atoms with Crippen LogP contribution in [-0.2, 0) is 0 Å². The number of nitrogens with zero attached hydrogens (tertiary/aromatic N) is 1. The zero-order valence-electron chi connectivity index (χ0n) is 13.7. The third kappa shape index (κ3) is 3.51. The third-order valence-electron chi connectivity index (χ3n) is 5.21. The summed E-state index contributed by atoms with van der Waals surface area (Å²) < 4.78 is 0. The summed E-state index contributed by atoms with van der Waals surface area (Å²) in [6.07, 6.45) is 7.33. The smallest absolute Gasteiger partial charge is 0.263 e. The molecule has 0 unspecified atom stereocenters. The van der Waals surface area contributed by atoms with Crippen molar-refractivity contribution in [1.29, 1.82) is 0 Å². The number of aryl methyl sites for hydroxylation is 1. The number of hydrogen-bond donors (Lipinski definition) is 2. The quantitative estimate of drug-likeness (QED) is 0.895. The Morgan fingerprint density at radius 2 is 2.05 bits per heavy atom. The predicted octanol–water partition coefficient (Wildman–Crippen LogP) is 3.23. The van der Waals surface area contributed by atoms with Crippen LogP contribution in [0.1, 0.15) is 71.7 Å². The average Bonchev–Trinajstić information content (AvgIpc) is 3.15. The molecule has 2 aliphatic rings. The molecule has 0 radical (unpaired) electrons. The van der Waals surface area contributed by atoms with E-state index < -0.39 is 0 Å². The first kappa shape index (κ1) is 15.9. The number of aromatic nitrogens is 1. The molecule has 0 bridgehead atoms. The van der Waals surface area contributed by atoms with Gasteiger partial charge >= 0.3 is 0 Å². The summed E-state index contributed by atoms with van der Waals surface area (Å²) in [5, 5.41) is 7.71. The topological polar surface area (TPSA) is 54.0 Å². The number of hydrogen-bond acceptors (Lipinski definition) is 4. The minimum Gasteiger partial charge on any atom is -0.351 e. The summed E-state index contributed by atoms with van der Waals surface area (Å²) in [6, 6.07) is 0. The van der Waals surface area contributed by atoms with E-state index in [1.54, 1.807) is 11.3 Å². The number of piperidine rings is 1. The predicted molar refractivity (Wildman–Crippen MR) is 90.6 cm³/mol. The lowest BCUT2D eigenvalue weighted by atomic mass is 9.81. The first-order valence-corrected chi connectivity index (χ1v) is 9.35. The van der Waals surface area contributed by atoms with Crippen molar-refractivity contribution in [1.82, 2.24) is 15.6 Å². The van der Waals surface area contributed by atoms with Gasteiger partial charge < -0.3 is 10.6 Å². The van der Waals surface area contributed by atoms with Crippen LogP contribution in [-0.4, -0.2) is 30.5 Å². The van der Waals surface area contributed by atoms with Crippen LogP contribution in [0, 0.1) is 12.3 Å². The van der Waals surface area contributed by atoms with Crippen molar-refractivity contribution in [2.45, 2.75) is 58.3 Å². The van der Waals surface area contributed by atoms with Crippen LogP contribution >= 0.6 is 11.3 Å². The van der Waals surface area contributed by atoms with Crippen LogP contribution in [0.5, 0.6) is 0 Å². The molecular formula is C17H27N3OS. The molecule has 2 N–H and O–H groups in total. The van der Waals surface area contributed by atoms with Gasteiger partial charge in [0.05, 0.1) is 10.7 Å². The van der Waals surface area contributed by atoms with E-state index in [1.165, 1.54) is 30.7 Å². The van der Waals surface area contributed by atoms with Gasteiger partial charge in [-0.15, -0.1) is 11.3 Å². The summed E-state index contributed by atoms with van der Waals surface area (Å²) in [5.41, 5.74) is 1.13. The lowest BCUT2D eigenvalue weighted by Gasteiger charge is -2.34. The van der Waals surface area contributed by atoms with Crippen molar-refractivity contribution in [3.8, 4) is 0 Å². The van der Waals surface area contributed by atoms with E-state index >= 15 is 0 Å². The van der Waals surface area contributed by atoms with Crippen LogP contribution in [0.3, 0.4) is 0 Å². The van der Waals surface area contributed by atoms with Gasteiger partial charge in [-0.25, -0.2) is 4.98 Å². The van der Waals surface area contributed by atoms with Crippen molar-refractivity contribution in [3.05, 3.63) is 15.6 Å². The second-order valence-corrected chi connectivity index (χ2v) is 8.22. The molecule has 2 heterocycles. The van der Waals surface area contributed by atoms with Gasteiger partial charge in [0.1, 0.15) is 4.88 Å². The van der Waals surface area contributed by atoms with Gasteiger partial charge in [0.2, 0.25) is 0 Å². The van der Waals surface area contributed by atoms with Crippen LogP contribution in [0.15, 0.2) is 0 Å². The Hall–Kier alpha value is -0.940. The molecule has 22 heavy (non-hydrogen) atoms. The van der Waals surface area contributed by atoms with Crippen LogP contribution < -0.4 is 10.6 Å². The molecule has 0 spiro atoms. The molecule has 1 saturated carbocycles. The van der Waals surface area contributed by atoms with Crippen molar-refractivity contribution in [2.24, 2.45) is 5.41 Å². The molecule has 2 fully saturated rings. The minimum absolute atomic E-state index is 0.0685. The first-order valence-electron chi connectivity index (χ1n) is 8.54. The highest BCUT2D eigenvalue weighted by atomic mass is 32.1. The number of amides is 1. The summed E-state index contributed by atoms with van der Waals surface area (Å²) in [6.45, 7) is 7.12. The van der Waals surface area contributed by atoms with Crippen molar-refractivity contribution >= 4 is 17.2 Å². The molecule has 3 rings (SSSR count). The fourth-order valence-corrected chi connectivity index (χ4v) is 4.71. The van der Waals surface area contributed by atoms with Crippen molar-refractivity contribution in [3.63, 3.8) is 0 Å². The van der Waals surface area contributed by atoms with Gasteiger partial charge in [0.15, 0.2) is 0 Å². The van der Waals surface area contributed by atoms with Crippen LogP contribution in [0.25, 0.3) is 0 Å². The Kier molecular flexibility index (Phi) is 4.83. The summed E-state index contributed by atoms with van der Waals surface area (Å²) in [4.78, 5) is 18.0. The molecule has 1 aromatic rings. The summed E-state index contributed by atoms with van der Waals surface area (Å²) in [7, 11) is 0. The van der Waals surface area contributed by atoms with E-state index in [4.69, 9.17) is 0 Å². The highest BCUT2D eigenvalue weighted by Crippen LogP contribution is 2.37. The molecule has 1 aliphatic carbocycles. The number of rotatable bonds is 4. The number of carbonyl (C=O) groups excluding carboxylic acids is 1. The lowest BCUT2D eigenvalue weighted by molar-refractivity contribution is 0.0925. The molecule has 1 saturated heterocycles. The average molecular weight is 321 g/mol. The molecular weight excluding hydrogens is 294 g/mol. The molecule has 0 atom stereocenters. The minimum atomic E-state index is 0.0685. The first-order chi connectivity index (χ1) is 10.6. The molecule has 4 nitrogen and oxygen atoms in total. The van der Waals surface area contributed by atoms with E-state index in [0.29, 0.717) is 5.92 Å². The zero-order chi connectivity index (χ0) is 15.6. The molecule has 122 valence electrons. The lowest BCUT2D eigenvalue weighted by Crippen LogP contribution is -2.42. The van der Waals surface area contributed by atoms with Gasteiger partial charge in [0.25, 0.3) is 5.91 Å². The highest BCUT2D eigenvalue weighted by Gasteiger charge is 2.28. The zero-order valence-corrected chi connectivity index (χ0v) is 14.5. The van der Waals surface area contributed by atoms with E-state index in [9.17, 15) is 4.79 Å². The molecule has 1 amide bonds. The molecule has 0 aromatic carbocycles. The monoisotopic (exact) mass is 321 g/mol. The Bertz CT molecular complexity index is 528. The molecule has 1 aliphatic heterocycles. The van der Waals surface area contributed by atoms with Gasteiger partial charge in [-0.05, 0) is 51.1 Å². The Labute approximate surface area is 137 Å². The fraction of sp³-hybridized carbons (Fsp3) is 0.765. The van der Waals surface area contributed by atoms with Crippen molar-refractivity contribution in [2.75, 3.05) is 19.6 Å². The van der Waals surface area contributed by atoms with E-state index in [-0.39, 0.29) is 11.3 Å². The van der Waals surface area contributed by atoms with Crippen LogP contribution in [0.2, 0.25) is 0 Å². The SMILES string of the molecule is Cc1nc(C2CCCC2)sc1C(=O)NCC1(C)CCNCC1. The Morgan fingerprint density at radius 3 is 2.73 bits per heavy atom. The van der Waals surface area contributed by atoms with Gasteiger partial charge in [0, 0.05) is 12.5 Å². The number of nitrogens with one attached hydrogen (secondary N) is 2. The van der Waals surface area contributed by atoms with E-state index in [0.717, 1.165) is 43.0 Å². The third-order valence-corrected chi connectivity index (χ3v) is 6.53. The van der Waals surface area contributed by atoms with Gasteiger partial charge in [-0.2, -0.15) is 0 Å². The number of carbonyl (C=O) groups is 1. The van der Waals surface area contributed by atoms with Gasteiger partial charge in [-0.1, -0.05) is 19.8 Å². The molecule has 1 aromatic heterocycles. The highest BCUT2D eigenvalue weighted by molar-refractivity contribution is 7.13. The van der Waals surface area contributed by atoms with Crippen molar-refractivity contribution < 1.29 is 4.79 Å². The Balaban J connectivity index is 1.62. The maximum absolute atomic E-state index is 12.5. The molecule has 5 heteroatoms. The maximum atomic E-state index is 12.5. The Morgan fingerprint density at radius 1 is 1.36 bits per heavy atom. The fourth-order valence-electron chi connectivity index (χ4n) is 3.56. The second kappa shape index (κ2) is 6.67. The van der Waals surface area contributed by atoms with Crippen LogP contribution in [0.4, 0.5) is 0 Å². The number of thiazole rings is 1.